The van der Waals surface area contributed by atoms with Crippen LogP contribution >= 0.6 is 0 Å². The predicted molar refractivity (Wildman–Crippen MR) is 162 cm³/mol. The van der Waals surface area contributed by atoms with Gasteiger partial charge in [0.05, 0.1) is 12.1 Å². The molecule has 12 nitrogen and oxygen atoms in total. The molecule has 6 rings (SSSR count). The Morgan fingerprint density at radius 2 is 1.80 bits per heavy atom. The van der Waals surface area contributed by atoms with Gasteiger partial charge in [-0.25, -0.2) is 9.18 Å². The smallest absolute Gasteiger partial charge is 0.325 e. The van der Waals surface area contributed by atoms with E-state index in [1.807, 2.05) is 18.2 Å². The summed E-state index contributed by atoms with van der Waals surface area (Å²) in [5.74, 6) is -2.86. The number of hydrogen-bond acceptors (Lipinski definition) is 6. The van der Waals surface area contributed by atoms with Crippen LogP contribution in [0.4, 0.5) is 9.18 Å². The van der Waals surface area contributed by atoms with E-state index in [0.717, 1.165) is 21.6 Å². The number of aliphatic carboxylic acids is 1. The zero-order valence-electron chi connectivity index (χ0n) is 25.4. The summed E-state index contributed by atoms with van der Waals surface area (Å²) in [5.41, 5.74) is 2.64. The van der Waals surface area contributed by atoms with Gasteiger partial charge in [0.15, 0.2) is 0 Å². The van der Waals surface area contributed by atoms with Gasteiger partial charge in [0.25, 0.3) is 5.91 Å². The van der Waals surface area contributed by atoms with E-state index in [1.54, 1.807) is 36.5 Å². The summed E-state index contributed by atoms with van der Waals surface area (Å²) in [4.78, 5) is 66.9. The quantitative estimate of drug-likeness (QED) is 0.307. The summed E-state index contributed by atoms with van der Waals surface area (Å²) in [6.07, 6.45) is 6.06. The zero-order valence-corrected chi connectivity index (χ0v) is 25.4. The third kappa shape index (κ3) is 5.84. The molecule has 0 radical (unpaired) electrons. The molecule has 1 aliphatic heterocycles. The number of aromatic nitrogens is 2. The first kappa shape index (κ1) is 30.9. The van der Waals surface area contributed by atoms with Gasteiger partial charge in [-0.2, -0.15) is 5.10 Å². The number of fused-ring (bicyclic) bond motifs is 2. The number of carboxylic acid groups (broad SMARTS) is 1. The number of carbonyl (C=O) groups is 5. The molecule has 3 aromatic rings. The Kier molecular flexibility index (Phi) is 8.32. The Labute approximate surface area is 264 Å². The van der Waals surface area contributed by atoms with Crippen molar-refractivity contribution in [1.29, 1.82) is 0 Å². The lowest BCUT2D eigenvalue weighted by Crippen LogP contribution is -2.48. The number of hydrogen-bond donors (Lipinski definition) is 3. The summed E-state index contributed by atoms with van der Waals surface area (Å²) in [6, 6.07) is 10.5. The van der Waals surface area contributed by atoms with Crippen LogP contribution in [-0.4, -0.2) is 74.0 Å². The molecule has 2 heterocycles. The van der Waals surface area contributed by atoms with Crippen LogP contribution in [0.25, 0.3) is 11.1 Å². The van der Waals surface area contributed by atoms with Gasteiger partial charge >= 0.3 is 12.0 Å². The Morgan fingerprint density at radius 1 is 1.07 bits per heavy atom. The number of nitrogens with zero attached hydrogens (tertiary/aromatic N) is 4. The number of amides is 5. The van der Waals surface area contributed by atoms with Gasteiger partial charge in [0.2, 0.25) is 11.8 Å². The lowest BCUT2D eigenvalue weighted by Gasteiger charge is -2.36. The molecule has 1 aromatic heterocycles. The molecule has 2 fully saturated rings. The minimum absolute atomic E-state index is 0.0879. The van der Waals surface area contributed by atoms with Gasteiger partial charge in [-0.05, 0) is 72.9 Å². The summed E-state index contributed by atoms with van der Waals surface area (Å²) in [5, 5.41) is 19.1. The molecule has 3 aliphatic rings. The van der Waals surface area contributed by atoms with Gasteiger partial charge in [0.1, 0.15) is 24.4 Å². The maximum Gasteiger partial charge on any atom is 0.325 e. The van der Waals surface area contributed by atoms with E-state index in [0.29, 0.717) is 49.7 Å². The Balaban J connectivity index is 1.20. The highest BCUT2D eigenvalue weighted by molar-refractivity contribution is 6.10. The van der Waals surface area contributed by atoms with Crippen LogP contribution < -0.4 is 10.6 Å². The fourth-order valence-corrected chi connectivity index (χ4v) is 6.87. The van der Waals surface area contributed by atoms with Crippen LogP contribution in [0, 0.1) is 11.7 Å². The van der Waals surface area contributed by atoms with Crippen molar-refractivity contribution >= 4 is 29.7 Å². The van der Waals surface area contributed by atoms with Crippen LogP contribution in [-0.2, 0) is 44.2 Å². The number of halogens is 1. The number of likely N-dealkylation sites (N-methyl/N-ethyl adjacent to an activating group) is 1. The zero-order chi connectivity index (χ0) is 32.6. The van der Waals surface area contributed by atoms with Crippen molar-refractivity contribution < 1.29 is 33.5 Å². The normalized spacial score (nSPS) is 22.1. The van der Waals surface area contributed by atoms with E-state index in [2.05, 4.69) is 15.7 Å². The number of carbonyl (C=O) groups excluding carboxylic acids is 4. The van der Waals surface area contributed by atoms with Crippen molar-refractivity contribution in [1.82, 2.24) is 30.2 Å². The van der Waals surface area contributed by atoms with E-state index in [1.165, 1.54) is 16.8 Å². The van der Waals surface area contributed by atoms with E-state index >= 15 is 0 Å². The predicted octanol–water partition coefficient (Wildman–Crippen LogP) is 2.80. The average molecular weight is 631 g/mol. The standard InChI is InChI=1S/C33H35FN6O6/c1-35-28(41)18-38-17-24(15-36-38)22-6-11-27-23(14-22)12-13-33(27)31(45)40(32(46)37-33)19-29(42)39(16-20-2-7-25(34)8-3-20)26-9-4-21(5-10-26)30(43)44/h2-3,6-8,11,14-15,17,21,26H,4-5,9-10,12-13,16,18-19H2,1H3,(H,35,41)(H,37,46)(H,43,44)/t21-,26-,33?. The topological polar surface area (TPSA) is 154 Å². The molecule has 1 saturated heterocycles. The number of rotatable bonds is 9. The molecule has 0 bridgehead atoms. The average Bonchev–Trinajstić information content (AvgIpc) is 3.73. The maximum absolute atomic E-state index is 14.0. The van der Waals surface area contributed by atoms with Crippen molar-refractivity contribution in [3.8, 4) is 11.1 Å². The molecule has 1 atom stereocenters. The summed E-state index contributed by atoms with van der Waals surface area (Å²) < 4.78 is 15.1. The van der Waals surface area contributed by atoms with Crippen molar-refractivity contribution in [2.75, 3.05) is 13.6 Å². The Bertz CT molecular complexity index is 1700. The molecule has 1 saturated carbocycles. The highest BCUT2D eigenvalue weighted by Gasteiger charge is 2.56. The third-order valence-corrected chi connectivity index (χ3v) is 9.43. The van der Waals surface area contributed by atoms with Gasteiger partial charge in [-0.3, -0.25) is 28.8 Å². The minimum atomic E-state index is -1.28. The van der Waals surface area contributed by atoms with Crippen molar-refractivity contribution in [3.05, 3.63) is 77.4 Å². The van der Waals surface area contributed by atoms with Crippen molar-refractivity contribution in [2.45, 2.75) is 63.2 Å². The highest BCUT2D eigenvalue weighted by Crippen LogP contribution is 2.43. The molecule has 5 amide bonds. The lowest BCUT2D eigenvalue weighted by molar-refractivity contribution is -0.145. The first-order valence-corrected chi connectivity index (χ1v) is 15.4. The van der Waals surface area contributed by atoms with E-state index in [-0.39, 0.29) is 25.0 Å². The number of nitrogens with one attached hydrogen (secondary N) is 2. The van der Waals surface area contributed by atoms with E-state index in [9.17, 15) is 33.5 Å². The second-order valence-electron chi connectivity index (χ2n) is 12.2. The van der Waals surface area contributed by atoms with Crippen molar-refractivity contribution in [2.24, 2.45) is 5.92 Å². The van der Waals surface area contributed by atoms with Gasteiger partial charge in [-0.1, -0.05) is 30.3 Å². The maximum atomic E-state index is 14.0. The molecule has 3 N–H and O–H groups in total. The third-order valence-electron chi connectivity index (χ3n) is 9.43. The second kappa shape index (κ2) is 12.4. The SMILES string of the molecule is CNC(=O)Cn1cc(-c2ccc3c(c2)CCC32NC(=O)N(CC(=O)N(Cc3ccc(F)cc3)[C@H]3CC[C@H](C(=O)O)CC3)C2=O)cn1. The summed E-state index contributed by atoms with van der Waals surface area (Å²) >= 11 is 0. The van der Waals surface area contributed by atoms with Crippen LogP contribution in [0.5, 0.6) is 0 Å². The molecule has 1 spiro atoms. The second-order valence-corrected chi connectivity index (χ2v) is 12.2. The number of aryl methyl sites for hydroxylation is 1. The fraction of sp³-hybridized carbons (Fsp3) is 0.394. The van der Waals surface area contributed by atoms with Crippen molar-refractivity contribution in [3.63, 3.8) is 0 Å². The van der Waals surface area contributed by atoms with Crippen LogP contribution in [0.15, 0.2) is 54.9 Å². The number of benzene rings is 2. The van der Waals surface area contributed by atoms with Gasteiger partial charge in [-0.15, -0.1) is 0 Å². The summed E-state index contributed by atoms with van der Waals surface area (Å²) in [6.45, 7) is -0.239. The number of imide groups is 1. The Hall–Kier alpha value is -5.07. The monoisotopic (exact) mass is 630 g/mol. The molecule has 46 heavy (non-hydrogen) atoms. The molecular weight excluding hydrogens is 595 g/mol. The Morgan fingerprint density at radius 3 is 2.50 bits per heavy atom. The van der Waals surface area contributed by atoms with Gasteiger partial charge in [0, 0.05) is 31.4 Å². The first-order chi connectivity index (χ1) is 22.1. The van der Waals surface area contributed by atoms with E-state index in [4.69, 9.17) is 0 Å². The lowest BCUT2D eigenvalue weighted by atomic mass is 9.85. The molecule has 2 aliphatic carbocycles. The van der Waals surface area contributed by atoms with Gasteiger partial charge < -0.3 is 20.6 Å². The van der Waals surface area contributed by atoms with Crippen LogP contribution in [0.1, 0.15) is 48.8 Å². The highest BCUT2D eigenvalue weighted by atomic mass is 19.1. The number of urea groups is 1. The molecule has 13 heteroatoms. The number of carboxylic acids is 1. The van der Waals surface area contributed by atoms with E-state index < -0.39 is 47.6 Å². The molecule has 1 unspecified atom stereocenters. The van der Waals surface area contributed by atoms with Crippen LogP contribution in [0.2, 0.25) is 0 Å². The van der Waals surface area contributed by atoms with Crippen LogP contribution in [0.3, 0.4) is 0 Å². The summed E-state index contributed by atoms with van der Waals surface area (Å²) in [7, 11) is 1.56. The largest absolute Gasteiger partial charge is 0.481 e. The molecule has 2 aromatic carbocycles. The fourth-order valence-electron chi connectivity index (χ4n) is 6.87. The molecular formula is C33H35FN6O6. The first-order valence-electron chi connectivity index (χ1n) is 15.4. The molecule has 240 valence electrons. The minimum Gasteiger partial charge on any atom is -0.481 e.